The van der Waals surface area contributed by atoms with E-state index in [0.717, 1.165) is 7.14 Å². The first kappa shape index (κ1) is 19.1. The zero-order chi connectivity index (χ0) is 16.5. The predicted octanol–water partition coefficient (Wildman–Crippen LogP) is 3.60. The van der Waals surface area contributed by atoms with E-state index in [1.54, 1.807) is 24.3 Å². The lowest BCUT2D eigenvalue weighted by atomic mass is 10.2. The van der Waals surface area contributed by atoms with Gasteiger partial charge in [-0.15, -0.1) is 0 Å². The Morgan fingerprint density at radius 1 is 1.00 bits per heavy atom. The van der Waals surface area contributed by atoms with Crippen LogP contribution in [-0.2, 0) is 10.0 Å². The summed E-state index contributed by atoms with van der Waals surface area (Å²) in [7, 11) is -4.02. The van der Waals surface area contributed by atoms with E-state index in [-0.39, 0.29) is 4.90 Å². The van der Waals surface area contributed by atoms with Crippen molar-refractivity contribution in [1.29, 1.82) is 0 Å². The van der Waals surface area contributed by atoms with Gasteiger partial charge in [0.15, 0.2) is 0 Å². The fraction of sp³-hybridized carbons (Fsp3) is 0. The molecule has 0 spiro atoms. The van der Waals surface area contributed by atoms with Crippen LogP contribution in [0.4, 0.5) is 0 Å². The largest absolute Gasteiger partial charge is 0.858 e. The van der Waals surface area contributed by atoms with Crippen LogP contribution in [-0.4, -0.2) is 14.3 Å². The summed E-state index contributed by atoms with van der Waals surface area (Å²) in [4.78, 5) is 0.0410. The molecule has 2 aromatic rings. The van der Waals surface area contributed by atoms with Gasteiger partial charge >= 0.3 is 0 Å². The van der Waals surface area contributed by atoms with Gasteiger partial charge in [-0.25, -0.2) is 0 Å². The molecule has 4 nitrogen and oxygen atoms in total. The third-order valence-electron chi connectivity index (χ3n) is 2.54. The molecule has 0 fully saturated rings. The van der Waals surface area contributed by atoms with Crippen molar-refractivity contribution in [1.82, 2.24) is 0 Å². The average molecular weight is 764 g/mol. The van der Waals surface area contributed by atoms with Crippen LogP contribution in [0.1, 0.15) is 5.56 Å². The second kappa shape index (κ2) is 7.77. The molecule has 0 aliphatic heterocycles. The molecule has 9 heteroatoms. The lowest BCUT2D eigenvalue weighted by Crippen LogP contribution is -2.23. The molecule has 2 rings (SSSR count). The fourth-order valence-electron chi connectivity index (χ4n) is 1.57. The van der Waals surface area contributed by atoms with E-state index in [4.69, 9.17) is 0 Å². The molecule has 0 amide bonds. The van der Waals surface area contributed by atoms with E-state index < -0.39 is 15.9 Å². The van der Waals surface area contributed by atoms with Gasteiger partial charge in [0.05, 0.1) is 0 Å². The molecule has 0 aliphatic rings. The molecule has 0 bridgehead atoms. The Labute approximate surface area is 182 Å². The Kier molecular flexibility index (Phi) is 6.75. The number of rotatable bonds is 3. The van der Waals surface area contributed by atoms with Gasteiger partial charge in [0.25, 0.3) is 10.0 Å². The zero-order valence-corrected chi connectivity index (χ0v) is 20.0. The lowest BCUT2D eigenvalue weighted by molar-refractivity contribution is -0.212. The van der Waals surface area contributed by atoms with Crippen LogP contribution >= 0.6 is 90.4 Å². The Morgan fingerprint density at radius 2 is 1.64 bits per heavy atom. The van der Waals surface area contributed by atoms with E-state index in [1.165, 1.54) is 6.07 Å². The minimum absolute atomic E-state index is 0.0410. The minimum Gasteiger partial charge on any atom is -0.858 e. The van der Waals surface area contributed by atoms with Crippen molar-refractivity contribution in [3.05, 3.63) is 56.2 Å². The summed E-state index contributed by atoms with van der Waals surface area (Å²) in [6.45, 7) is 0. The zero-order valence-electron chi connectivity index (χ0n) is 10.6. The maximum absolute atomic E-state index is 12.3. The number of benzene rings is 2. The van der Waals surface area contributed by atoms with E-state index in [1.807, 2.05) is 51.2 Å². The van der Waals surface area contributed by atoms with Gasteiger partial charge in [0, 0.05) is 25.7 Å². The molecule has 0 saturated heterocycles. The van der Waals surface area contributed by atoms with Crippen LogP contribution in [0.2, 0.25) is 0 Å². The van der Waals surface area contributed by atoms with Crippen LogP contribution in [0.5, 0.6) is 0 Å². The Bertz CT molecular complexity index is 866. The lowest BCUT2D eigenvalue weighted by Gasteiger charge is -2.14. The van der Waals surface area contributed by atoms with Crippen LogP contribution in [0.25, 0.3) is 0 Å². The highest BCUT2D eigenvalue weighted by Gasteiger charge is 2.16. The van der Waals surface area contributed by atoms with Gasteiger partial charge in [-0.3, -0.25) is 0 Å². The van der Waals surface area contributed by atoms with Gasteiger partial charge in [-0.1, -0.05) is 12.1 Å². The average Bonchev–Trinajstić information content (AvgIpc) is 2.42. The van der Waals surface area contributed by atoms with Crippen molar-refractivity contribution in [3.8, 4) is 0 Å². The van der Waals surface area contributed by atoms with Crippen LogP contribution in [0.3, 0.4) is 0 Å². The number of hydrogen-bond acceptors (Lipinski definition) is 3. The SMILES string of the molecule is O=S(=O)(/N=C(\[O-])c1cc(I)cc(I)c1I)c1ccccc1I. The fourth-order valence-corrected chi connectivity index (χ4v) is 6.16. The summed E-state index contributed by atoms with van der Waals surface area (Å²) in [5.74, 6) is -0.750. The molecule has 0 aliphatic carbocycles. The second-order valence-electron chi connectivity index (χ2n) is 4.05. The van der Waals surface area contributed by atoms with Gasteiger partial charge in [0.2, 0.25) is 0 Å². The van der Waals surface area contributed by atoms with Crippen molar-refractivity contribution in [2.45, 2.75) is 4.90 Å². The highest BCUT2D eigenvalue weighted by Crippen LogP contribution is 2.24. The first-order valence-corrected chi connectivity index (χ1v) is 11.4. The van der Waals surface area contributed by atoms with Crippen molar-refractivity contribution in [2.75, 3.05) is 0 Å². The summed E-state index contributed by atoms with van der Waals surface area (Å²) in [5, 5.41) is 12.3. The number of halogens is 4. The molecule has 0 N–H and O–H groups in total. The van der Waals surface area contributed by atoms with Gasteiger partial charge in [-0.05, 0) is 115 Å². The van der Waals surface area contributed by atoms with E-state index in [9.17, 15) is 13.5 Å². The third-order valence-corrected chi connectivity index (χ3v) is 8.83. The highest BCUT2D eigenvalue weighted by atomic mass is 127. The molecule has 0 radical (unpaired) electrons. The summed E-state index contributed by atoms with van der Waals surface area (Å²) in [6.07, 6.45) is 0. The molecular weight excluding hydrogens is 758 g/mol. The van der Waals surface area contributed by atoms with Gasteiger partial charge < -0.3 is 5.11 Å². The molecule has 0 aromatic heterocycles. The molecule has 116 valence electrons. The standard InChI is InChI=1S/C13H7I4NO3S/c14-7-5-8(12(17)10(16)6-7)13(19)18-22(20,21)11-4-2-1-3-9(11)15/h1-6H,(H,18,19)/p-1. The first-order valence-electron chi connectivity index (χ1n) is 5.64. The second-order valence-corrected chi connectivity index (χ2v) is 10.3. The Morgan fingerprint density at radius 3 is 2.27 bits per heavy atom. The first-order chi connectivity index (χ1) is 10.2. The summed E-state index contributed by atoms with van der Waals surface area (Å²) in [6, 6.07) is 9.99. The number of sulfonamides is 1. The number of hydrogen-bond donors (Lipinski definition) is 0. The van der Waals surface area contributed by atoms with E-state index in [2.05, 4.69) is 49.6 Å². The van der Waals surface area contributed by atoms with E-state index >= 15 is 0 Å². The summed E-state index contributed by atoms with van der Waals surface area (Å²) in [5.41, 5.74) is 0.298. The molecule has 2 aromatic carbocycles. The maximum atomic E-state index is 12.3. The molecule has 0 heterocycles. The molecule has 0 atom stereocenters. The van der Waals surface area contributed by atoms with Gasteiger partial charge in [-0.2, -0.15) is 12.8 Å². The van der Waals surface area contributed by atoms with Crippen molar-refractivity contribution in [3.63, 3.8) is 0 Å². The van der Waals surface area contributed by atoms with Crippen LogP contribution in [0, 0.1) is 14.3 Å². The Hall–Kier alpha value is 0.780. The Balaban J connectivity index is 2.56. The third kappa shape index (κ3) is 4.44. The monoisotopic (exact) mass is 764 g/mol. The van der Waals surface area contributed by atoms with Gasteiger partial charge in [0.1, 0.15) is 4.90 Å². The number of nitrogens with zero attached hydrogens (tertiary/aromatic N) is 1. The molecule has 22 heavy (non-hydrogen) atoms. The maximum Gasteiger partial charge on any atom is 0.282 e. The van der Waals surface area contributed by atoms with Crippen molar-refractivity contribution >= 4 is 106 Å². The molecule has 0 unspecified atom stereocenters. The summed E-state index contributed by atoms with van der Waals surface area (Å²) < 4.78 is 31.1. The van der Waals surface area contributed by atoms with Crippen LogP contribution < -0.4 is 5.11 Å². The normalized spacial score (nSPS) is 12.5. The van der Waals surface area contributed by atoms with Crippen molar-refractivity contribution in [2.24, 2.45) is 4.40 Å². The quantitative estimate of drug-likeness (QED) is 0.208. The van der Waals surface area contributed by atoms with Crippen molar-refractivity contribution < 1.29 is 13.5 Å². The van der Waals surface area contributed by atoms with E-state index in [0.29, 0.717) is 12.7 Å². The smallest absolute Gasteiger partial charge is 0.282 e. The highest BCUT2D eigenvalue weighted by molar-refractivity contribution is 14.1. The molecule has 0 saturated carbocycles. The summed E-state index contributed by atoms with van der Waals surface area (Å²) >= 11 is 8.12. The molecular formula is C13H6I4NO3S-. The van der Waals surface area contributed by atoms with Crippen LogP contribution in [0.15, 0.2) is 45.7 Å². The topological polar surface area (TPSA) is 69.6 Å². The predicted molar refractivity (Wildman–Crippen MR) is 117 cm³/mol. The minimum atomic E-state index is -4.02.